The van der Waals surface area contributed by atoms with Crippen LogP contribution in [0.1, 0.15) is 11.1 Å². The van der Waals surface area contributed by atoms with Gasteiger partial charge in [-0.05, 0) is 43.2 Å². The van der Waals surface area contributed by atoms with Crippen LogP contribution in [0.2, 0.25) is 0 Å². The summed E-state index contributed by atoms with van der Waals surface area (Å²) < 4.78 is 6.10. The first-order valence-electron chi connectivity index (χ1n) is 7.49. The van der Waals surface area contributed by atoms with Gasteiger partial charge in [-0.2, -0.15) is 0 Å². The molecule has 2 aromatic carbocycles. The summed E-state index contributed by atoms with van der Waals surface area (Å²) in [5, 5.41) is 13.6. The number of oxazole rings is 1. The SMILES string of the molecule is Cc1cc(C)cc(NC(=O)Cn2c(=O)oc3ccc([N+](=O)[O-])cc32)c1. The zero-order valence-electron chi connectivity index (χ0n) is 13.6. The van der Waals surface area contributed by atoms with Gasteiger partial charge in [0.25, 0.3) is 5.69 Å². The summed E-state index contributed by atoms with van der Waals surface area (Å²) in [7, 11) is 0. The lowest BCUT2D eigenvalue weighted by atomic mass is 10.1. The molecule has 1 aromatic heterocycles. The topological polar surface area (TPSA) is 107 Å². The number of amides is 1. The van der Waals surface area contributed by atoms with Crippen LogP contribution in [0.15, 0.2) is 45.6 Å². The molecule has 3 rings (SSSR count). The van der Waals surface area contributed by atoms with Crippen LogP contribution in [0.5, 0.6) is 0 Å². The van der Waals surface area contributed by atoms with Crippen molar-refractivity contribution in [2.24, 2.45) is 0 Å². The highest BCUT2D eigenvalue weighted by molar-refractivity contribution is 5.91. The van der Waals surface area contributed by atoms with E-state index in [0.717, 1.165) is 15.7 Å². The fourth-order valence-corrected chi connectivity index (χ4v) is 2.70. The summed E-state index contributed by atoms with van der Waals surface area (Å²) in [6.45, 7) is 3.52. The number of hydrogen-bond acceptors (Lipinski definition) is 5. The number of carbonyl (C=O) groups is 1. The first kappa shape index (κ1) is 16.4. The molecule has 0 atom stereocenters. The van der Waals surface area contributed by atoms with Crippen LogP contribution < -0.4 is 11.1 Å². The summed E-state index contributed by atoms with van der Waals surface area (Å²) in [6.07, 6.45) is 0. The smallest absolute Gasteiger partial charge is 0.408 e. The predicted molar refractivity (Wildman–Crippen MR) is 91.7 cm³/mol. The monoisotopic (exact) mass is 341 g/mol. The highest BCUT2D eigenvalue weighted by atomic mass is 16.6. The maximum Gasteiger partial charge on any atom is 0.420 e. The molecule has 1 N–H and O–H groups in total. The van der Waals surface area contributed by atoms with Gasteiger partial charge in [-0.3, -0.25) is 19.5 Å². The van der Waals surface area contributed by atoms with Crippen molar-refractivity contribution in [3.05, 3.63) is 68.2 Å². The number of nitrogens with one attached hydrogen (secondary N) is 1. The Hall–Kier alpha value is -3.42. The minimum absolute atomic E-state index is 0.184. The lowest BCUT2D eigenvalue weighted by molar-refractivity contribution is -0.384. The molecule has 0 spiro atoms. The van der Waals surface area contributed by atoms with Crippen LogP contribution >= 0.6 is 0 Å². The third-order valence-corrected chi connectivity index (χ3v) is 3.67. The van der Waals surface area contributed by atoms with E-state index in [1.54, 1.807) is 0 Å². The molecule has 0 fully saturated rings. The van der Waals surface area contributed by atoms with E-state index in [9.17, 15) is 19.7 Å². The van der Waals surface area contributed by atoms with Gasteiger partial charge >= 0.3 is 5.76 Å². The van der Waals surface area contributed by atoms with Crippen molar-refractivity contribution in [3.8, 4) is 0 Å². The summed E-state index contributed by atoms with van der Waals surface area (Å²) >= 11 is 0. The number of benzene rings is 2. The van der Waals surface area contributed by atoms with Crippen molar-refractivity contribution in [2.45, 2.75) is 20.4 Å². The molecule has 0 aliphatic carbocycles. The van der Waals surface area contributed by atoms with Gasteiger partial charge in [0.05, 0.1) is 10.4 Å². The number of nitro benzene ring substituents is 1. The second-order valence-electron chi connectivity index (χ2n) is 5.79. The quantitative estimate of drug-likeness (QED) is 0.580. The van der Waals surface area contributed by atoms with Gasteiger partial charge in [0, 0.05) is 17.8 Å². The average molecular weight is 341 g/mol. The number of non-ortho nitro benzene ring substituents is 1. The molecule has 0 bridgehead atoms. The zero-order chi connectivity index (χ0) is 18.1. The Kier molecular flexibility index (Phi) is 4.10. The Morgan fingerprint density at radius 1 is 1.20 bits per heavy atom. The molecule has 0 unspecified atom stereocenters. The van der Waals surface area contributed by atoms with Gasteiger partial charge in [0.2, 0.25) is 5.91 Å². The average Bonchev–Trinajstić information content (AvgIpc) is 2.81. The lowest BCUT2D eigenvalue weighted by Crippen LogP contribution is -2.24. The fourth-order valence-electron chi connectivity index (χ4n) is 2.70. The molecular formula is C17H15N3O5. The third-order valence-electron chi connectivity index (χ3n) is 3.67. The fraction of sp³-hybridized carbons (Fsp3) is 0.176. The number of hydrogen-bond donors (Lipinski definition) is 1. The second kappa shape index (κ2) is 6.23. The number of anilines is 1. The Morgan fingerprint density at radius 3 is 2.52 bits per heavy atom. The molecule has 0 aliphatic heterocycles. The van der Waals surface area contributed by atoms with E-state index >= 15 is 0 Å². The Morgan fingerprint density at radius 2 is 1.88 bits per heavy atom. The largest absolute Gasteiger partial charge is 0.420 e. The number of carbonyl (C=O) groups excluding carboxylic acids is 1. The van der Waals surface area contributed by atoms with Gasteiger partial charge in [0.1, 0.15) is 6.54 Å². The first-order valence-corrected chi connectivity index (χ1v) is 7.49. The maximum atomic E-state index is 12.3. The van der Waals surface area contributed by atoms with E-state index in [2.05, 4.69) is 5.32 Å². The van der Waals surface area contributed by atoms with Crippen LogP contribution in [-0.4, -0.2) is 15.4 Å². The highest BCUT2D eigenvalue weighted by Crippen LogP contribution is 2.20. The summed E-state index contributed by atoms with van der Waals surface area (Å²) in [5.74, 6) is -1.17. The summed E-state index contributed by atoms with van der Waals surface area (Å²) in [6, 6.07) is 9.39. The molecule has 0 aliphatic rings. The van der Waals surface area contributed by atoms with Crippen molar-refractivity contribution in [1.82, 2.24) is 4.57 Å². The van der Waals surface area contributed by atoms with E-state index in [-0.39, 0.29) is 23.3 Å². The van der Waals surface area contributed by atoms with Gasteiger partial charge < -0.3 is 9.73 Å². The highest BCUT2D eigenvalue weighted by Gasteiger charge is 2.16. The van der Waals surface area contributed by atoms with Crippen LogP contribution in [0.25, 0.3) is 11.1 Å². The molecule has 8 heteroatoms. The minimum Gasteiger partial charge on any atom is -0.408 e. The van der Waals surface area contributed by atoms with Crippen molar-refractivity contribution < 1.29 is 14.1 Å². The van der Waals surface area contributed by atoms with Crippen LogP contribution in [-0.2, 0) is 11.3 Å². The van der Waals surface area contributed by atoms with Crippen molar-refractivity contribution >= 4 is 28.4 Å². The van der Waals surface area contributed by atoms with Crippen LogP contribution in [0.4, 0.5) is 11.4 Å². The van der Waals surface area contributed by atoms with Crippen LogP contribution in [0.3, 0.4) is 0 Å². The number of fused-ring (bicyclic) bond motifs is 1. The Balaban J connectivity index is 1.90. The lowest BCUT2D eigenvalue weighted by Gasteiger charge is -2.08. The van der Waals surface area contributed by atoms with Crippen molar-refractivity contribution in [1.29, 1.82) is 0 Å². The maximum absolute atomic E-state index is 12.3. The zero-order valence-corrected chi connectivity index (χ0v) is 13.6. The van der Waals surface area contributed by atoms with E-state index in [0.29, 0.717) is 5.69 Å². The number of rotatable bonds is 4. The van der Waals surface area contributed by atoms with Crippen LogP contribution in [0, 0.1) is 24.0 Å². The first-order chi connectivity index (χ1) is 11.8. The van der Waals surface area contributed by atoms with Crippen molar-refractivity contribution in [2.75, 3.05) is 5.32 Å². The van der Waals surface area contributed by atoms with E-state index < -0.39 is 16.6 Å². The molecule has 8 nitrogen and oxygen atoms in total. The van der Waals surface area contributed by atoms with Crippen molar-refractivity contribution in [3.63, 3.8) is 0 Å². The van der Waals surface area contributed by atoms with E-state index in [1.165, 1.54) is 18.2 Å². The standard InChI is InChI=1S/C17H15N3O5/c1-10-5-11(2)7-12(6-10)18-16(21)9-19-14-8-13(20(23)24)3-4-15(14)25-17(19)22/h3-8H,9H2,1-2H3,(H,18,21). The minimum atomic E-state index is -0.744. The van der Waals surface area contributed by atoms with Gasteiger partial charge in [-0.25, -0.2) is 4.79 Å². The Bertz CT molecular complexity index is 1030. The van der Waals surface area contributed by atoms with E-state index in [4.69, 9.17) is 4.42 Å². The second-order valence-corrected chi connectivity index (χ2v) is 5.79. The number of aromatic nitrogens is 1. The summed E-state index contributed by atoms with van der Waals surface area (Å²) in [5.41, 5.74) is 2.82. The predicted octanol–water partition coefficient (Wildman–Crippen LogP) is 2.76. The van der Waals surface area contributed by atoms with Gasteiger partial charge in [-0.1, -0.05) is 6.07 Å². The third kappa shape index (κ3) is 3.42. The molecule has 0 radical (unpaired) electrons. The molecule has 128 valence electrons. The molecular weight excluding hydrogens is 326 g/mol. The molecule has 25 heavy (non-hydrogen) atoms. The number of nitro groups is 1. The van der Waals surface area contributed by atoms with Gasteiger partial charge in [0.15, 0.2) is 5.58 Å². The summed E-state index contributed by atoms with van der Waals surface area (Å²) in [4.78, 5) is 34.6. The molecule has 1 heterocycles. The number of nitrogens with zero attached hydrogens (tertiary/aromatic N) is 2. The molecule has 0 saturated carbocycles. The molecule has 0 saturated heterocycles. The molecule has 3 aromatic rings. The molecule has 1 amide bonds. The number of aryl methyl sites for hydroxylation is 2. The Labute approximate surface area is 141 Å². The normalized spacial score (nSPS) is 10.8. The van der Waals surface area contributed by atoms with Gasteiger partial charge in [-0.15, -0.1) is 0 Å². The van der Waals surface area contributed by atoms with E-state index in [1.807, 2.05) is 32.0 Å².